The number of nitrogens with two attached hydrogens (primary N) is 3. The Balaban J connectivity index is 2.06. The maximum absolute atomic E-state index is 12.9. The van der Waals surface area contributed by atoms with Gasteiger partial charge in [-0.3, -0.25) is 19.4 Å². The van der Waals surface area contributed by atoms with Crippen molar-refractivity contribution in [2.45, 2.75) is 50.2 Å². The first-order valence-electron chi connectivity index (χ1n) is 11.0. The van der Waals surface area contributed by atoms with Crippen molar-refractivity contribution in [3.8, 4) is 0 Å². The van der Waals surface area contributed by atoms with Gasteiger partial charge in [-0.25, -0.2) is 4.79 Å². The summed E-state index contributed by atoms with van der Waals surface area (Å²) in [5, 5.41) is 24.3. The van der Waals surface area contributed by atoms with Crippen LogP contribution in [0.5, 0.6) is 0 Å². The van der Waals surface area contributed by atoms with Gasteiger partial charge in [0.2, 0.25) is 11.8 Å². The first-order chi connectivity index (χ1) is 16.6. The smallest absolute Gasteiger partial charge is 0.326 e. The number of aromatic nitrogens is 1. The van der Waals surface area contributed by atoms with Gasteiger partial charge in [0.25, 0.3) is 0 Å². The number of aliphatic imine (C=N–C) groups is 1. The number of fused-ring (bicyclic) bond motifs is 1. The summed E-state index contributed by atoms with van der Waals surface area (Å²) < 4.78 is 0. The van der Waals surface area contributed by atoms with Gasteiger partial charge in [-0.1, -0.05) is 18.2 Å². The van der Waals surface area contributed by atoms with Crippen LogP contribution in [0.1, 0.15) is 31.2 Å². The molecule has 2 amide bonds. The van der Waals surface area contributed by atoms with E-state index in [2.05, 4.69) is 20.6 Å². The first-order valence-corrected chi connectivity index (χ1v) is 11.0. The average molecular weight is 490 g/mol. The van der Waals surface area contributed by atoms with Crippen molar-refractivity contribution in [1.82, 2.24) is 15.6 Å². The van der Waals surface area contributed by atoms with Gasteiger partial charge in [0.1, 0.15) is 12.1 Å². The number of nitrogens with zero attached hydrogens (tertiary/aromatic N) is 1. The molecule has 0 spiro atoms. The number of H-pyrrole nitrogens is 1. The lowest BCUT2D eigenvalue weighted by molar-refractivity contribution is -0.143. The number of nitrogens with one attached hydrogen (secondary N) is 3. The Morgan fingerprint density at radius 2 is 1.69 bits per heavy atom. The lowest BCUT2D eigenvalue weighted by Crippen LogP contribution is -2.55. The molecule has 13 nitrogen and oxygen atoms in total. The van der Waals surface area contributed by atoms with Crippen molar-refractivity contribution in [3.63, 3.8) is 0 Å². The van der Waals surface area contributed by atoms with Gasteiger partial charge < -0.3 is 43.0 Å². The maximum atomic E-state index is 12.9. The largest absolute Gasteiger partial charge is 0.481 e. The van der Waals surface area contributed by atoms with Gasteiger partial charge in [0.05, 0.1) is 6.04 Å². The van der Waals surface area contributed by atoms with Crippen LogP contribution in [0.2, 0.25) is 0 Å². The van der Waals surface area contributed by atoms with Crippen LogP contribution >= 0.6 is 0 Å². The molecule has 0 aliphatic heterocycles. The number of hydrogen-bond donors (Lipinski definition) is 8. The molecule has 190 valence electrons. The molecule has 13 heteroatoms. The highest BCUT2D eigenvalue weighted by Crippen LogP contribution is 2.19. The highest BCUT2D eigenvalue weighted by atomic mass is 16.4. The first kappa shape index (κ1) is 27.1. The molecular formula is C22H31N7O6. The quantitative estimate of drug-likeness (QED) is 0.0921. The Morgan fingerprint density at radius 3 is 2.34 bits per heavy atom. The van der Waals surface area contributed by atoms with Gasteiger partial charge in [0, 0.05) is 36.5 Å². The highest BCUT2D eigenvalue weighted by molar-refractivity contribution is 5.92. The highest BCUT2D eigenvalue weighted by Gasteiger charge is 2.29. The number of aliphatic carboxylic acids is 2. The van der Waals surface area contributed by atoms with Crippen molar-refractivity contribution in [3.05, 3.63) is 36.0 Å². The Bertz CT molecular complexity index is 1080. The van der Waals surface area contributed by atoms with E-state index in [1.54, 1.807) is 6.20 Å². The molecule has 1 aromatic heterocycles. The van der Waals surface area contributed by atoms with E-state index in [0.29, 0.717) is 12.0 Å². The van der Waals surface area contributed by atoms with E-state index in [4.69, 9.17) is 22.3 Å². The van der Waals surface area contributed by atoms with Crippen LogP contribution in [0.25, 0.3) is 10.9 Å². The van der Waals surface area contributed by atoms with Crippen LogP contribution in [-0.4, -0.2) is 69.6 Å². The number of benzene rings is 1. The Hall–Kier alpha value is -4.13. The molecule has 0 saturated carbocycles. The number of hydrogen-bond acceptors (Lipinski definition) is 6. The summed E-state index contributed by atoms with van der Waals surface area (Å²) in [6, 6.07) is 3.72. The van der Waals surface area contributed by atoms with Gasteiger partial charge in [-0.15, -0.1) is 0 Å². The zero-order chi connectivity index (χ0) is 26.0. The minimum absolute atomic E-state index is 0.0189. The van der Waals surface area contributed by atoms with Gasteiger partial charge in [0.15, 0.2) is 5.96 Å². The fraction of sp³-hybridized carbons (Fsp3) is 0.409. The minimum atomic E-state index is -1.31. The summed E-state index contributed by atoms with van der Waals surface area (Å²) in [6.45, 7) is 0.264. The van der Waals surface area contributed by atoms with E-state index in [1.807, 2.05) is 24.3 Å². The summed E-state index contributed by atoms with van der Waals surface area (Å²) in [4.78, 5) is 55.1. The van der Waals surface area contributed by atoms with Crippen LogP contribution in [0.4, 0.5) is 0 Å². The molecule has 2 aromatic rings. The number of rotatable bonds is 14. The molecule has 0 aliphatic carbocycles. The third-order valence-corrected chi connectivity index (χ3v) is 5.30. The molecule has 3 atom stereocenters. The molecule has 35 heavy (non-hydrogen) atoms. The summed E-state index contributed by atoms with van der Waals surface area (Å²) in [5.74, 6) is -4.03. The number of carbonyl (C=O) groups is 4. The van der Waals surface area contributed by atoms with E-state index in [1.165, 1.54) is 0 Å². The number of carboxylic acids is 2. The van der Waals surface area contributed by atoms with Crippen molar-refractivity contribution >= 4 is 40.6 Å². The second kappa shape index (κ2) is 12.9. The normalized spacial score (nSPS) is 13.4. The lowest BCUT2D eigenvalue weighted by Gasteiger charge is -2.22. The van der Waals surface area contributed by atoms with Crippen molar-refractivity contribution < 1.29 is 29.4 Å². The molecule has 0 saturated heterocycles. The Labute approximate surface area is 201 Å². The van der Waals surface area contributed by atoms with Crippen LogP contribution in [-0.2, 0) is 25.6 Å². The molecule has 0 aliphatic rings. The number of carbonyl (C=O) groups excluding carboxylic acids is 2. The van der Waals surface area contributed by atoms with Crippen LogP contribution < -0.4 is 27.8 Å². The number of amides is 2. The number of aromatic amines is 1. The molecule has 11 N–H and O–H groups in total. The monoisotopic (exact) mass is 489 g/mol. The van der Waals surface area contributed by atoms with Gasteiger partial charge >= 0.3 is 11.9 Å². The van der Waals surface area contributed by atoms with Crippen LogP contribution in [0.3, 0.4) is 0 Å². The topological polar surface area (TPSA) is 239 Å². The third kappa shape index (κ3) is 8.62. The second-order valence-electron chi connectivity index (χ2n) is 8.01. The number of carboxylic acid groups (broad SMARTS) is 2. The van der Waals surface area contributed by atoms with E-state index < -0.39 is 48.3 Å². The Morgan fingerprint density at radius 1 is 1.00 bits per heavy atom. The van der Waals surface area contributed by atoms with Crippen LogP contribution in [0, 0.1) is 0 Å². The SMILES string of the molecule is NC(N)=NCCCC(N)C(=O)NC(CCC(=O)O)C(=O)NC(Cc1c[nH]c2ccccc12)C(=O)O. The Kier molecular flexibility index (Phi) is 10.0. The van der Waals surface area contributed by atoms with Crippen molar-refractivity contribution in [2.24, 2.45) is 22.2 Å². The molecule has 2 rings (SSSR count). The third-order valence-electron chi connectivity index (χ3n) is 5.30. The summed E-state index contributed by atoms with van der Waals surface area (Å²) >= 11 is 0. The second-order valence-corrected chi connectivity index (χ2v) is 8.01. The molecule has 1 aromatic carbocycles. The molecule has 0 bridgehead atoms. The van der Waals surface area contributed by atoms with Crippen LogP contribution in [0.15, 0.2) is 35.5 Å². The fourth-order valence-electron chi connectivity index (χ4n) is 3.46. The molecule has 1 heterocycles. The summed E-state index contributed by atoms with van der Waals surface area (Å²) in [6.07, 6.45) is 1.61. The zero-order valence-corrected chi connectivity index (χ0v) is 19.1. The van der Waals surface area contributed by atoms with Gasteiger partial charge in [-0.05, 0) is 30.9 Å². The minimum Gasteiger partial charge on any atom is -0.481 e. The maximum Gasteiger partial charge on any atom is 0.326 e. The average Bonchev–Trinajstić information content (AvgIpc) is 3.21. The van der Waals surface area contributed by atoms with E-state index in [-0.39, 0.29) is 31.8 Å². The standard InChI is InChI=1S/C22H31N7O6/c23-14(5-3-9-26-22(24)25)19(32)28-16(7-8-18(30)31)20(33)29-17(21(34)35)10-12-11-27-15-6-2-1-4-13(12)15/h1-2,4,6,11,14,16-17,27H,3,5,7-10,23H2,(H,28,32)(H,29,33)(H,30,31)(H,34,35)(H4,24,25,26). The number of para-hydroxylation sites is 1. The van der Waals surface area contributed by atoms with Gasteiger partial charge in [-0.2, -0.15) is 0 Å². The van der Waals surface area contributed by atoms with E-state index in [0.717, 1.165) is 10.9 Å². The summed E-state index contributed by atoms with van der Waals surface area (Å²) in [5.41, 5.74) is 17.8. The molecule has 3 unspecified atom stereocenters. The molecule has 0 radical (unpaired) electrons. The summed E-state index contributed by atoms with van der Waals surface area (Å²) in [7, 11) is 0. The number of guanidine groups is 1. The fourth-order valence-corrected chi connectivity index (χ4v) is 3.46. The predicted molar refractivity (Wildman–Crippen MR) is 128 cm³/mol. The molecule has 0 fully saturated rings. The van der Waals surface area contributed by atoms with Crippen molar-refractivity contribution in [1.29, 1.82) is 0 Å². The van der Waals surface area contributed by atoms with Crippen molar-refractivity contribution in [2.75, 3.05) is 6.54 Å². The predicted octanol–water partition coefficient (Wildman–Crippen LogP) is -0.990. The zero-order valence-electron chi connectivity index (χ0n) is 19.1. The van der Waals surface area contributed by atoms with E-state index in [9.17, 15) is 24.3 Å². The van der Waals surface area contributed by atoms with E-state index >= 15 is 0 Å². The molecular weight excluding hydrogens is 458 g/mol. The lowest BCUT2D eigenvalue weighted by atomic mass is 10.0.